The average Bonchev–Trinajstić information content (AvgIpc) is 2.43. The molecule has 0 saturated heterocycles. The predicted molar refractivity (Wildman–Crippen MR) is 75.5 cm³/mol. The maximum atomic E-state index is 10.7. The van der Waals surface area contributed by atoms with E-state index in [9.17, 15) is 4.79 Å². The van der Waals surface area contributed by atoms with Crippen LogP contribution in [0.25, 0.3) is 0 Å². The van der Waals surface area contributed by atoms with Crippen LogP contribution in [0.4, 0.5) is 0 Å². The Kier molecular flexibility index (Phi) is 6.36. The molecular weight excluding hydrogens is 242 g/mol. The molecule has 0 bridgehead atoms. The first-order chi connectivity index (χ1) is 9.12. The summed E-state index contributed by atoms with van der Waals surface area (Å²) in [6.07, 6.45) is 1.14. The summed E-state index contributed by atoms with van der Waals surface area (Å²) in [4.78, 5) is 12.9. The second-order valence-corrected chi connectivity index (χ2v) is 4.47. The van der Waals surface area contributed by atoms with Gasteiger partial charge in [-0.1, -0.05) is 26.0 Å². The molecule has 0 fully saturated rings. The van der Waals surface area contributed by atoms with Gasteiger partial charge in [-0.2, -0.15) is 0 Å². The molecule has 1 aromatic carbocycles. The number of hydrogen-bond donors (Lipinski definition) is 1. The summed E-state index contributed by atoms with van der Waals surface area (Å²) in [7, 11) is 1.65. The van der Waals surface area contributed by atoms with Crippen molar-refractivity contribution in [3.05, 3.63) is 29.8 Å². The van der Waals surface area contributed by atoms with Gasteiger partial charge in [-0.3, -0.25) is 9.69 Å². The second kappa shape index (κ2) is 7.79. The zero-order chi connectivity index (χ0) is 14.3. The van der Waals surface area contributed by atoms with Crippen molar-refractivity contribution in [1.82, 2.24) is 4.90 Å². The van der Waals surface area contributed by atoms with Crippen molar-refractivity contribution in [2.24, 2.45) is 0 Å². The van der Waals surface area contributed by atoms with Crippen molar-refractivity contribution >= 4 is 5.97 Å². The van der Waals surface area contributed by atoms with Gasteiger partial charge in [-0.15, -0.1) is 0 Å². The summed E-state index contributed by atoms with van der Waals surface area (Å²) in [6.45, 7) is 5.61. The van der Waals surface area contributed by atoms with Gasteiger partial charge in [0.2, 0.25) is 0 Å². The van der Waals surface area contributed by atoms with Crippen LogP contribution in [-0.2, 0) is 4.79 Å². The van der Waals surface area contributed by atoms with E-state index in [1.165, 1.54) is 5.56 Å². The van der Waals surface area contributed by atoms with Gasteiger partial charge in [-0.25, -0.2) is 0 Å². The number of carbonyl (C=O) groups is 1. The van der Waals surface area contributed by atoms with Crippen molar-refractivity contribution in [3.8, 4) is 5.75 Å². The van der Waals surface area contributed by atoms with E-state index in [2.05, 4.69) is 30.9 Å². The van der Waals surface area contributed by atoms with E-state index in [4.69, 9.17) is 9.84 Å². The largest absolute Gasteiger partial charge is 0.497 e. The monoisotopic (exact) mass is 265 g/mol. The average molecular weight is 265 g/mol. The number of carboxylic acid groups (broad SMARTS) is 1. The minimum absolute atomic E-state index is 0.181. The van der Waals surface area contributed by atoms with Gasteiger partial charge in [0.15, 0.2) is 0 Å². The first-order valence-electron chi connectivity index (χ1n) is 6.72. The van der Waals surface area contributed by atoms with Crippen molar-refractivity contribution < 1.29 is 14.6 Å². The number of ether oxygens (including phenoxy) is 1. The van der Waals surface area contributed by atoms with Crippen molar-refractivity contribution in [2.75, 3.05) is 20.2 Å². The molecule has 4 heteroatoms. The SMILES string of the molecule is CCC(c1ccc(OC)cc1)N(CC)CCC(=O)O. The van der Waals surface area contributed by atoms with Gasteiger partial charge in [0, 0.05) is 12.6 Å². The molecule has 0 aliphatic carbocycles. The summed E-state index contributed by atoms with van der Waals surface area (Å²) in [5, 5.41) is 8.81. The topological polar surface area (TPSA) is 49.8 Å². The van der Waals surface area contributed by atoms with Crippen molar-refractivity contribution in [3.63, 3.8) is 0 Å². The predicted octanol–water partition coefficient (Wildman–Crippen LogP) is 2.94. The number of aliphatic carboxylic acids is 1. The third-order valence-corrected chi connectivity index (χ3v) is 3.35. The minimum atomic E-state index is -0.747. The Morgan fingerprint density at radius 2 is 1.95 bits per heavy atom. The third-order valence-electron chi connectivity index (χ3n) is 3.35. The molecule has 0 heterocycles. The Bertz CT molecular complexity index is 389. The lowest BCUT2D eigenvalue weighted by Crippen LogP contribution is -2.30. The Labute approximate surface area is 115 Å². The van der Waals surface area contributed by atoms with Crippen molar-refractivity contribution in [1.29, 1.82) is 0 Å². The number of benzene rings is 1. The molecule has 0 radical (unpaired) electrons. The lowest BCUT2D eigenvalue weighted by atomic mass is 10.0. The van der Waals surface area contributed by atoms with Crippen molar-refractivity contribution in [2.45, 2.75) is 32.7 Å². The van der Waals surface area contributed by atoms with Crippen LogP contribution in [0.1, 0.15) is 38.3 Å². The van der Waals surface area contributed by atoms with E-state index in [0.29, 0.717) is 6.54 Å². The summed E-state index contributed by atoms with van der Waals surface area (Å²) in [5.41, 5.74) is 1.20. The maximum absolute atomic E-state index is 10.7. The summed E-state index contributed by atoms with van der Waals surface area (Å²) in [5.74, 6) is 0.0928. The fraction of sp³-hybridized carbons (Fsp3) is 0.533. The number of carboxylic acids is 1. The van der Waals surface area contributed by atoms with E-state index in [0.717, 1.165) is 18.7 Å². The standard InChI is InChI=1S/C15H23NO3/c1-4-14(16(5-2)11-10-15(17)18)12-6-8-13(19-3)9-7-12/h6-9,14H,4-5,10-11H2,1-3H3,(H,17,18). The molecule has 4 nitrogen and oxygen atoms in total. The number of rotatable bonds is 8. The van der Waals surface area contributed by atoms with Crippen LogP contribution in [-0.4, -0.2) is 36.2 Å². The van der Waals surface area contributed by atoms with Gasteiger partial charge >= 0.3 is 5.97 Å². The molecule has 0 aromatic heterocycles. The smallest absolute Gasteiger partial charge is 0.304 e. The highest BCUT2D eigenvalue weighted by atomic mass is 16.5. The second-order valence-electron chi connectivity index (χ2n) is 4.47. The normalized spacial score (nSPS) is 12.4. The Morgan fingerprint density at radius 1 is 1.32 bits per heavy atom. The van der Waals surface area contributed by atoms with Crippen LogP contribution in [0, 0.1) is 0 Å². The van der Waals surface area contributed by atoms with Gasteiger partial charge in [0.25, 0.3) is 0 Å². The molecule has 0 saturated carbocycles. The lowest BCUT2D eigenvalue weighted by Gasteiger charge is -2.30. The van der Waals surface area contributed by atoms with Crippen LogP contribution in [0.3, 0.4) is 0 Å². The highest BCUT2D eigenvalue weighted by Crippen LogP contribution is 2.25. The molecule has 1 atom stereocenters. The van der Waals surface area contributed by atoms with Crippen LogP contribution < -0.4 is 4.74 Å². The van der Waals surface area contributed by atoms with Crippen LogP contribution >= 0.6 is 0 Å². The number of methoxy groups -OCH3 is 1. The maximum Gasteiger partial charge on any atom is 0.304 e. The summed E-state index contributed by atoms with van der Waals surface area (Å²) >= 11 is 0. The fourth-order valence-corrected chi connectivity index (χ4v) is 2.30. The molecule has 0 aliphatic rings. The third kappa shape index (κ3) is 4.56. The van der Waals surface area contributed by atoms with E-state index in [1.54, 1.807) is 7.11 Å². The quantitative estimate of drug-likeness (QED) is 0.785. The number of hydrogen-bond acceptors (Lipinski definition) is 3. The number of nitrogens with zero attached hydrogens (tertiary/aromatic N) is 1. The molecular formula is C15H23NO3. The minimum Gasteiger partial charge on any atom is -0.497 e. The molecule has 1 unspecified atom stereocenters. The van der Waals surface area contributed by atoms with Crippen LogP contribution in [0.15, 0.2) is 24.3 Å². The van der Waals surface area contributed by atoms with Gasteiger partial charge in [-0.05, 0) is 30.7 Å². The molecule has 0 spiro atoms. The Morgan fingerprint density at radius 3 is 2.37 bits per heavy atom. The zero-order valence-corrected chi connectivity index (χ0v) is 11.9. The molecule has 0 amide bonds. The lowest BCUT2D eigenvalue weighted by molar-refractivity contribution is -0.137. The molecule has 1 aromatic rings. The van der Waals surface area contributed by atoms with Gasteiger partial charge in [0.05, 0.1) is 13.5 Å². The summed E-state index contributed by atoms with van der Waals surface area (Å²) < 4.78 is 5.16. The Balaban J connectivity index is 2.80. The first-order valence-corrected chi connectivity index (χ1v) is 6.72. The Hall–Kier alpha value is -1.55. The fourth-order valence-electron chi connectivity index (χ4n) is 2.30. The zero-order valence-electron chi connectivity index (χ0n) is 11.9. The van der Waals surface area contributed by atoms with E-state index in [1.807, 2.05) is 12.1 Å². The van der Waals surface area contributed by atoms with E-state index >= 15 is 0 Å². The molecule has 1 N–H and O–H groups in total. The molecule has 106 valence electrons. The van der Waals surface area contributed by atoms with Gasteiger partial charge in [0.1, 0.15) is 5.75 Å². The van der Waals surface area contributed by atoms with Crippen LogP contribution in [0.5, 0.6) is 5.75 Å². The van der Waals surface area contributed by atoms with E-state index < -0.39 is 5.97 Å². The molecule has 1 rings (SSSR count). The van der Waals surface area contributed by atoms with E-state index in [-0.39, 0.29) is 12.5 Å². The van der Waals surface area contributed by atoms with Crippen LogP contribution in [0.2, 0.25) is 0 Å². The highest BCUT2D eigenvalue weighted by molar-refractivity contribution is 5.66. The first kappa shape index (κ1) is 15.5. The molecule has 0 aliphatic heterocycles. The molecule has 19 heavy (non-hydrogen) atoms. The summed E-state index contributed by atoms with van der Waals surface area (Å²) in [6, 6.07) is 8.26. The highest BCUT2D eigenvalue weighted by Gasteiger charge is 2.18. The van der Waals surface area contributed by atoms with Gasteiger partial charge < -0.3 is 9.84 Å².